The molecule has 3 rings (SSSR count). The fraction of sp³-hybridized carbons (Fsp3) is 0.286. The van der Waals surface area contributed by atoms with Crippen molar-refractivity contribution in [1.29, 1.82) is 0 Å². The van der Waals surface area contributed by atoms with E-state index < -0.39 is 5.25 Å². The fourth-order valence-corrected chi connectivity index (χ4v) is 3.90. The molecular formula is C21H23N3O4S. The quantitative estimate of drug-likeness (QED) is 0.749. The van der Waals surface area contributed by atoms with Gasteiger partial charge in [0.2, 0.25) is 11.8 Å². The molecule has 2 aromatic rings. The van der Waals surface area contributed by atoms with Crippen molar-refractivity contribution in [3.05, 3.63) is 48.5 Å². The van der Waals surface area contributed by atoms with Gasteiger partial charge in [0, 0.05) is 19.2 Å². The molecule has 1 unspecified atom stereocenters. The Morgan fingerprint density at radius 1 is 1.14 bits per heavy atom. The van der Waals surface area contributed by atoms with Crippen molar-refractivity contribution >= 4 is 40.1 Å². The van der Waals surface area contributed by atoms with Gasteiger partial charge >= 0.3 is 0 Å². The van der Waals surface area contributed by atoms with Gasteiger partial charge in [-0.3, -0.25) is 14.5 Å². The molecule has 0 radical (unpaired) electrons. The molecule has 8 heteroatoms. The highest BCUT2D eigenvalue weighted by molar-refractivity contribution is 8.15. The molecule has 1 aliphatic heterocycles. The monoisotopic (exact) mass is 413 g/mol. The minimum Gasteiger partial charge on any atom is -0.497 e. The van der Waals surface area contributed by atoms with E-state index in [0.717, 1.165) is 11.5 Å². The lowest BCUT2D eigenvalue weighted by atomic mass is 10.2. The Balaban J connectivity index is 1.61. The average Bonchev–Trinajstić information content (AvgIpc) is 2.98. The first-order valence-corrected chi connectivity index (χ1v) is 10.1. The first-order chi connectivity index (χ1) is 14.0. The highest BCUT2D eigenvalue weighted by Crippen LogP contribution is 2.31. The predicted molar refractivity (Wildman–Crippen MR) is 115 cm³/mol. The number of ether oxygens (including phenoxy) is 2. The molecule has 2 amide bonds. The number of amidine groups is 1. The van der Waals surface area contributed by atoms with Crippen LogP contribution in [0.3, 0.4) is 0 Å². The number of methoxy groups -OCH3 is 1. The summed E-state index contributed by atoms with van der Waals surface area (Å²) in [4.78, 5) is 30.9. The van der Waals surface area contributed by atoms with Gasteiger partial charge in [-0.2, -0.15) is 0 Å². The number of nitrogens with zero attached hydrogens (tertiary/aromatic N) is 2. The van der Waals surface area contributed by atoms with Crippen LogP contribution in [0.15, 0.2) is 53.5 Å². The number of rotatable bonds is 7. The summed E-state index contributed by atoms with van der Waals surface area (Å²) in [7, 11) is 3.27. The lowest BCUT2D eigenvalue weighted by Gasteiger charge is -2.10. The summed E-state index contributed by atoms with van der Waals surface area (Å²) < 4.78 is 10.5. The summed E-state index contributed by atoms with van der Waals surface area (Å²) in [6.45, 7) is 2.50. The molecule has 1 N–H and O–H groups in total. The highest BCUT2D eigenvalue weighted by atomic mass is 32.2. The Morgan fingerprint density at radius 3 is 2.41 bits per heavy atom. The van der Waals surface area contributed by atoms with Crippen molar-refractivity contribution in [3.63, 3.8) is 0 Å². The number of hydrogen-bond acceptors (Lipinski definition) is 6. The van der Waals surface area contributed by atoms with Crippen molar-refractivity contribution in [1.82, 2.24) is 4.90 Å². The standard InChI is InChI=1S/C21H23N3O4S/c1-4-28-17-11-7-14(8-12-17)22-19(25)13-18-20(26)24(2)21(29-18)23-15-5-9-16(27-3)10-6-15/h5-12,18H,4,13H2,1-3H3,(H,22,25). The van der Waals surface area contributed by atoms with Crippen molar-refractivity contribution in [2.45, 2.75) is 18.6 Å². The van der Waals surface area contributed by atoms with Crippen molar-refractivity contribution in [2.75, 3.05) is 26.1 Å². The SMILES string of the molecule is CCOc1ccc(NC(=O)CC2SC(=Nc3ccc(OC)cc3)N(C)C2=O)cc1. The molecule has 7 nitrogen and oxygen atoms in total. The molecule has 0 aromatic heterocycles. The number of hydrogen-bond donors (Lipinski definition) is 1. The number of carbonyl (C=O) groups is 2. The zero-order valence-corrected chi connectivity index (χ0v) is 17.4. The molecule has 2 aromatic carbocycles. The minimum absolute atomic E-state index is 0.0721. The molecule has 0 spiro atoms. The Labute approximate surface area is 174 Å². The van der Waals surface area contributed by atoms with Gasteiger partial charge in [0.05, 0.1) is 19.4 Å². The molecule has 0 bridgehead atoms. The van der Waals surface area contributed by atoms with Crippen LogP contribution >= 0.6 is 11.8 Å². The second-order valence-corrected chi connectivity index (χ2v) is 7.48. The van der Waals surface area contributed by atoms with Gasteiger partial charge in [-0.1, -0.05) is 11.8 Å². The molecule has 1 aliphatic rings. The molecule has 1 heterocycles. The van der Waals surface area contributed by atoms with Crippen LogP contribution in [0.25, 0.3) is 0 Å². The van der Waals surface area contributed by atoms with E-state index in [1.807, 2.05) is 31.2 Å². The number of thioether (sulfide) groups is 1. The highest BCUT2D eigenvalue weighted by Gasteiger charge is 2.37. The molecule has 152 valence electrons. The Bertz CT molecular complexity index is 897. The van der Waals surface area contributed by atoms with E-state index in [4.69, 9.17) is 9.47 Å². The van der Waals surface area contributed by atoms with Gasteiger partial charge in [-0.15, -0.1) is 0 Å². The Kier molecular flexibility index (Phi) is 6.77. The number of amides is 2. The second kappa shape index (κ2) is 9.47. The lowest BCUT2D eigenvalue weighted by molar-refractivity contribution is -0.127. The first-order valence-electron chi connectivity index (χ1n) is 9.20. The molecule has 0 saturated carbocycles. The molecule has 29 heavy (non-hydrogen) atoms. The van der Waals surface area contributed by atoms with E-state index in [1.165, 1.54) is 16.7 Å². The summed E-state index contributed by atoms with van der Waals surface area (Å²) in [5, 5.41) is 2.89. The van der Waals surface area contributed by atoms with E-state index in [1.54, 1.807) is 38.4 Å². The van der Waals surface area contributed by atoms with E-state index in [0.29, 0.717) is 23.1 Å². The average molecular weight is 413 g/mol. The van der Waals surface area contributed by atoms with Crippen LogP contribution in [0.4, 0.5) is 11.4 Å². The van der Waals surface area contributed by atoms with Gasteiger partial charge in [-0.05, 0) is 55.5 Å². The van der Waals surface area contributed by atoms with Gasteiger partial charge in [0.25, 0.3) is 0 Å². The van der Waals surface area contributed by atoms with Crippen molar-refractivity contribution in [2.24, 2.45) is 4.99 Å². The van der Waals surface area contributed by atoms with Gasteiger partial charge in [0.1, 0.15) is 16.7 Å². The fourth-order valence-electron chi connectivity index (χ4n) is 2.75. The van der Waals surface area contributed by atoms with E-state index >= 15 is 0 Å². The maximum absolute atomic E-state index is 12.5. The maximum Gasteiger partial charge on any atom is 0.242 e. The Morgan fingerprint density at radius 2 is 1.79 bits per heavy atom. The van der Waals surface area contributed by atoms with E-state index in [2.05, 4.69) is 10.3 Å². The predicted octanol–water partition coefficient (Wildman–Crippen LogP) is 3.68. The van der Waals surface area contributed by atoms with Crippen LogP contribution in [0, 0.1) is 0 Å². The normalized spacial score (nSPS) is 17.5. The molecule has 1 fully saturated rings. The van der Waals surface area contributed by atoms with Crippen LogP contribution < -0.4 is 14.8 Å². The van der Waals surface area contributed by atoms with E-state index in [-0.39, 0.29) is 18.2 Å². The topological polar surface area (TPSA) is 80.2 Å². The number of aliphatic imine (C=N–C) groups is 1. The maximum atomic E-state index is 12.5. The van der Waals surface area contributed by atoms with Crippen molar-refractivity contribution < 1.29 is 19.1 Å². The van der Waals surface area contributed by atoms with Gasteiger partial charge in [-0.25, -0.2) is 4.99 Å². The number of anilines is 1. The summed E-state index contributed by atoms with van der Waals surface area (Å²) in [6, 6.07) is 14.4. The van der Waals surface area contributed by atoms with Crippen LogP contribution in [-0.4, -0.2) is 47.9 Å². The largest absolute Gasteiger partial charge is 0.497 e. The molecule has 1 saturated heterocycles. The zero-order valence-electron chi connectivity index (χ0n) is 16.5. The molecule has 1 atom stereocenters. The molecular weight excluding hydrogens is 390 g/mol. The van der Waals surface area contributed by atoms with Gasteiger partial charge in [0.15, 0.2) is 5.17 Å². The van der Waals surface area contributed by atoms with Crippen LogP contribution in [0.2, 0.25) is 0 Å². The number of nitrogens with one attached hydrogen (secondary N) is 1. The Hall–Kier alpha value is -3.00. The minimum atomic E-state index is -0.500. The van der Waals surface area contributed by atoms with E-state index in [9.17, 15) is 9.59 Å². The second-order valence-electron chi connectivity index (χ2n) is 6.31. The number of benzene rings is 2. The summed E-state index contributed by atoms with van der Waals surface area (Å²) in [6.07, 6.45) is 0.0721. The molecule has 0 aliphatic carbocycles. The summed E-state index contributed by atoms with van der Waals surface area (Å²) in [5.74, 6) is 1.12. The van der Waals surface area contributed by atoms with Crippen LogP contribution in [0.5, 0.6) is 11.5 Å². The third-order valence-electron chi connectivity index (χ3n) is 4.26. The third kappa shape index (κ3) is 5.29. The summed E-state index contributed by atoms with van der Waals surface area (Å²) >= 11 is 1.29. The third-order valence-corrected chi connectivity index (χ3v) is 5.49. The summed E-state index contributed by atoms with van der Waals surface area (Å²) in [5.41, 5.74) is 1.38. The number of carbonyl (C=O) groups excluding carboxylic acids is 2. The first kappa shape index (κ1) is 20.7. The van der Waals surface area contributed by atoms with Crippen LogP contribution in [0.1, 0.15) is 13.3 Å². The van der Waals surface area contributed by atoms with Crippen LogP contribution in [-0.2, 0) is 9.59 Å². The lowest BCUT2D eigenvalue weighted by Crippen LogP contribution is -2.30. The van der Waals surface area contributed by atoms with Gasteiger partial charge < -0.3 is 14.8 Å². The zero-order chi connectivity index (χ0) is 20.8. The van der Waals surface area contributed by atoms with Crippen molar-refractivity contribution in [3.8, 4) is 11.5 Å². The smallest absolute Gasteiger partial charge is 0.242 e.